The molecule has 1 aliphatic heterocycles. The van der Waals surface area contributed by atoms with E-state index in [-0.39, 0.29) is 23.5 Å². The van der Waals surface area contributed by atoms with Crippen molar-refractivity contribution < 1.29 is 15.0 Å². The molecule has 2 heterocycles. The topological polar surface area (TPSA) is 96.7 Å². The first kappa shape index (κ1) is 14.1. The molecule has 0 saturated carbocycles. The van der Waals surface area contributed by atoms with Crippen molar-refractivity contribution in [3.63, 3.8) is 0 Å². The number of ketones is 1. The molecule has 0 spiro atoms. The van der Waals surface area contributed by atoms with Crippen molar-refractivity contribution in [2.75, 3.05) is 13.7 Å². The van der Waals surface area contributed by atoms with Crippen molar-refractivity contribution in [3.8, 4) is 0 Å². The second-order valence-electron chi connectivity index (χ2n) is 5.73. The summed E-state index contributed by atoms with van der Waals surface area (Å²) in [6, 6.07) is 0. The highest BCUT2D eigenvalue weighted by Crippen LogP contribution is 2.39. The molecule has 2 N–H and O–H groups in total. The predicted molar refractivity (Wildman–Crippen MR) is 73.7 cm³/mol. The van der Waals surface area contributed by atoms with E-state index < -0.39 is 17.1 Å². The lowest BCUT2D eigenvalue weighted by molar-refractivity contribution is -0.0490. The number of hydroxylamine groups is 2. The fourth-order valence-corrected chi connectivity index (χ4v) is 3.89. The van der Waals surface area contributed by atoms with Crippen molar-refractivity contribution >= 4 is 22.3 Å². The molecule has 4 atom stereocenters. The number of carbonyl (C=O) groups is 1. The molecule has 1 aromatic heterocycles. The number of quaternary nitrogens is 1. The van der Waals surface area contributed by atoms with Crippen LogP contribution in [-0.2, 0) is 6.42 Å². The molecular weight excluding hydrogens is 282 g/mol. The van der Waals surface area contributed by atoms with Gasteiger partial charge in [0, 0.05) is 6.42 Å². The van der Waals surface area contributed by atoms with Crippen LogP contribution in [0.15, 0.2) is 0 Å². The molecule has 0 aromatic carbocycles. The zero-order valence-corrected chi connectivity index (χ0v) is 12.1. The summed E-state index contributed by atoms with van der Waals surface area (Å²) in [4.78, 5) is 18.2. The van der Waals surface area contributed by atoms with E-state index in [0.29, 0.717) is 23.4 Å². The summed E-state index contributed by atoms with van der Waals surface area (Å²) in [6.07, 6.45) is -1.58. The van der Waals surface area contributed by atoms with Crippen molar-refractivity contribution in [3.05, 3.63) is 15.8 Å². The van der Waals surface area contributed by atoms with Gasteiger partial charge < -0.3 is 15.4 Å². The Labute approximate surface area is 120 Å². The summed E-state index contributed by atoms with van der Waals surface area (Å²) in [5.74, 6) is 0.235. The summed E-state index contributed by atoms with van der Waals surface area (Å²) in [5.41, 5.74) is 0.651. The van der Waals surface area contributed by atoms with E-state index in [1.807, 2.05) is 6.92 Å². The molecule has 3 rings (SSSR count). The van der Waals surface area contributed by atoms with Gasteiger partial charge in [-0.3, -0.25) is 9.44 Å². The molecule has 4 unspecified atom stereocenters. The van der Waals surface area contributed by atoms with Gasteiger partial charge in [0.15, 0.2) is 12.0 Å². The summed E-state index contributed by atoms with van der Waals surface area (Å²) in [5, 5.41) is 32.6. The SMILES string of the molecule is CC1CC(=O)c2sc([N+]3([O-])CN(C)C(O)C3O)nc2C1. The number of aliphatic hydroxyl groups is 2. The quantitative estimate of drug-likeness (QED) is 0.570. The van der Waals surface area contributed by atoms with Gasteiger partial charge in [-0.15, -0.1) is 0 Å². The van der Waals surface area contributed by atoms with Crippen LogP contribution >= 0.6 is 11.3 Å². The zero-order chi connectivity index (χ0) is 14.7. The van der Waals surface area contributed by atoms with Gasteiger partial charge in [0.25, 0.3) is 5.13 Å². The van der Waals surface area contributed by atoms with Crippen molar-refractivity contribution in [2.45, 2.75) is 32.2 Å². The Hall–Kier alpha value is -0.900. The van der Waals surface area contributed by atoms with E-state index >= 15 is 0 Å². The molecule has 0 bridgehead atoms. The van der Waals surface area contributed by atoms with Gasteiger partial charge in [-0.1, -0.05) is 18.3 Å². The van der Waals surface area contributed by atoms with E-state index in [1.165, 1.54) is 4.90 Å². The van der Waals surface area contributed by atoms with Gasteiger partial charge in [-0.05, 0) is 19.4 Å². The van der Waals surface area contributed by atoms with Crippen LogP contribution in [0.2, 0.25) is 0 Å². The number of nitrogens with zero attached hydrogens (tertiary/aromatic N) is 3. The number of hydrogen-bond donors (Lipinski definition) is 2. The number of Topliss-reactive ketones (excluding diaryl/α,β-unsaturated/α-hetero) is 1. The van der Waals surface area contributed by atoms with E-state index in [4.69, 9.17) is 0 Å². The Kier molecular flexibility index (Phi) is 3.20. The molecule has 110 valence electrons. The summed E-state index contributed by atoms with van der Waals surface area (Å²) < 4.78 is -1.11. The Morgan fingerprint density at radius 1 is 1.45 bits per heavy atom. The van der Waals surface area contributed by atoms with Gasteiger partial charge in [0.1, 0.15) is 6.67 Å². The lowest BCUT2D eigenvalue weighted by Gasteiger charge is -2.36. The minimum absolute atomic E-state index is 0.0108. The number of thiazole rings is 1. The number of aliphatic hydroxyl groups excluding tert-OH is 2. The van der Waals surface area contributed by atoms with Crippen LogP contribution < -0.4 is 4.65 Å². The highest BCUT2D eigenvalue weighted by atomic mass is 32.1. The minimum atomic E-state index is -1.50. The number of carbonyl (C=O) groups excluding carboxylic acids is 1. The third kappa shape index (κ3) is 1.92. The van der Waals surface area contributed by atoms with Crippen LogP contribution in [0.25, 0.3) is 0 Å². The Morgan fingerprint density at radius 3 is 2.75 bits per heavy atom. The summed E-state index contributed by atoms with van der Waals surface area (Å²) >= 11 is 1.05. The first-order valence-electron chi connectivity index (χ1n) is 6.51. The molecule has 1 fully saturated rings. The molecule has 1 aliphatic carbocycles. The van der Waals surface area contributed by atoms with E-state index in [1.54, 1.807) is 7.05 Å². The second kappa shape index (κ2) is 4.55. The van der Waals surface area contributed by atoms with Crippen LogP contribution in [0, 0.1) is 11.1 Å². The fourth-order valence-electron chi connectivity index (χ4n) is 2.78. The number of rotatable bonds is 1. The normalized spacial score (nSPS) is 38.2. The van der Waals surface area contributed by atoms with Crippen molar-refractivity contribution in [1.29, 1.82) is 0 Å². The maximum Gasteiger partial charge on any atom is 0.290 e. The maximum absolute atomic E-state index is 12.8. The van der Waals surface area contributed by atoms with Crippen LogP contribution in [0.5, 0.6) is 0 Å². The predicted octanol–water partition coefficient (Wildman–Crippen LogP) is 0.253. The Morgan fingerprint density at radius 2 is 2.15 bits per heavy atom. The average Bonchev–Trinajstić information content (AvgIpc) is 2.88. The molecular formula is C12H17N3O4S. The largest absolute Gasteiger partial charge is 0.623 e. The second-order valence-corrected chi connectivity index (χ2v) is 6.71. The summed E-state index contributed by atoms with van der Waals surface area (Å²) in [6.45, 7) is 1.89. The monoisotopic (exact) mass is 299 g/mol. The molecule has 20 heavy (non-hydrogen) atoms. The van der Waals surface area contributed by atoms with Gasteiger partial charge in [-0.25, -0.2) is 4.90 Å². The van der Waals surface area contributed by atoms with Crippen LogP contribution in [0.1, 0.15) is 28.7 Å². The zero-order valence-electron chi connectivity index (χ0n) is 11.3. The molecule has 8 heteroatoms. The standard InChI is InChI=1S/C12H17N3O4S/c1-6-3-7-9(8(16)4-6)20-12(13-7)15(19)5-14(2)10(17)11(15)18/h6,10-11,17-18H,3-5H2,1-2H3. The van der Waals surface area contributed by atoms with E-state index in [0.717, 1.165) is 11.3 Å². The lowest BCUT2D eigenvalue weighted by atomic mass is 9.92. The first-order chi connectivity index (χ1) is 9.33. The first-order valence-corrected chi connectivity index (χ1v) is 7.33. The van der Waals surface area contributed by atoms with Gasteiger partial charge >= 0.3 is 0 Å². The molecule has 0 radical (unpaired) electrons. The highest BCUT2D eigenvalue weighted by molar-refractivity contribution is 7.17. The maximum atomic E-state index is 12.8. The number of likely N-dealkylation sites (N-methyl/N-ethyl adjacent to an activating group) is 1. The summed E-state index contributed by atoms with van der Waals surface area (Å²) in [7, 11) is 1.56. The molecule has 1 aromatic rings. The van der Waals surface area contributed by atoms with Crippen LogP contribution in [0.4, 0.5) is 5.13 Å². The molecule has 1 saturated heterocycles. The smallest absolute Gasteiger partial charge is 0.290 e. The van der Waals surface area contributed by atoms with Gasteiger partial charge in [0.05, 0.1) is 10.6 Å². The number of fused-ring (bicyclic) bond motifs is 1. The minimum Gasteiger partial charge on any atom is -0.623 e. The highest BCUT2D eigenvalue weighted by Gasteiger charge is 2.48. The Balaban J connectivity index is 2.00. The van der Waals surface area contributed by atoms with E-state index in [9.17, 15) is 20.2 Å². The average molecular weight is 299 g/mol. The molecule has 2 aliphatic rings. The Bertz CT molecular complexity index is 563. The molecule has 7 nitrogen and oxygen atoms in total. The van der Waals surface area contributed by atoms with Gasteiger partial charge in [0.2, 0.25) is 6.23 Å². The molecule has 0 amide bonds. The van der Waals surface area contributed by atoms with Gasteiger partial charge in [-0.2, -0.15) is 4.98 Å². The third-order valence-corrected chi connectivity index (χ3v) is 5.17. The van der Waals surface area contributed by atoms with Crippen molar-refractivity contribution in [1.82, 2.24) is 14.5 Å². The van der Waals surface area contributed by atoms with Crippen LogP contribution in [0.3, 0.4) is 0 Å². The number of aromatic nitrogens is 1. The van der Waals surface area contributed by atoms with E-state index in [2.05, 4.69) is 4.98 Å². The lowest BCUT2D eigenvalue weighted by Crippen LogP contribution is -2.50. The third-order valence-electron chi connectivity index (χ3n) is 3.92. The van der Waals surface area contributed by atoms with Crippen LogP contribution in [-0.4, -0.2) is 52.1 Å². The number of hydrogen-bond acceptors (Lipinski definition) is 7. The van der Waals surface area contributed by atoms with Crippen molar-refractivity contribution in [2.24, 2.45) is 5.92 Å². The fraction of sp³-hybridized carbons (Fsp3) is 0.667.